The van der Waals surface area contributed by atoms with Crippen LogP contribution in [-0.4, -0.2) is 42.8 Å². The van der Waals surface area contributed by atoms with E-state index in [2.05, 4.69) is 16.3 Å². The molecule has 0 spiro atoms. The highest BCUT2D eigenvalue weighted by molar-refractivity contribution is 6.32. The third-order valence-corrected chi connectivity index (χ3v) is 4.30. The van der Waals surface area contributed by atoms with E-state index in [0.717, 1.165) is 31.8 Å². The van der Waals surface area contributed by atoms with E-state index in [0.29, 0.717) is 24.1 Å². The molecule has 140 valence electrons. The minimum Gasteiger partial charge on any atom is -0.492 e. The van der Waals surface area contributed by atoms with Crippen LogP contribution in [0.5, 0.6) is 5.75 Å². The molecule has 2 rings (SSSR count). The van der Waals surface area contributed by atoms with Crippen LogP contribution in [0, 0.1) is 5.92 Å². The minimum atomic E-state index is -0.460. The van der Waals surface area contributed by atoms with Gasteiger partial charge in [0.2, 0.25) is 0 Å². The van der Waals surface area contributed by atoms with Crippen LogP contribution in [0.1, 0.15) is 39.7 Å². The Bertz CT molecular complexity index is 587. The third kappa shape index (κ3) is 6.75. The van der Waals surface area contributed by atoms with Gasteiger partial charge in [-0.2, -0.15) is 0 Å². The summed E-state index contributed by atoms with van der Waals surface area (Å²) < 4.78 is 10.7. The molecule has 0 aromatic heterocycles. The molecule has 0 bridgehead atoms. The van der Waals surface area contributed by atoms with Crippen LogP contribution in [-0.2, 0) is 11.3 Å². The van der Waals surface area contributed by atoms with Gasteiger partial charge in [0.25, 0.3) is 0 Å². The summed E-state index contributed by atoms with van der Waals surface area (Å²) in [6, 6.07) is 5.96. The largest absolute Gasteiger partial charge is 0.492 e. The molecule has 1 heterocycles. The van der Waals surface area contributed by atoms with Crippen molar-refractivity contribution < 1.29 is 14.3 Å². The van der Waals surface area contributed by atoms with Gasteiger partial charge in [0.15, 0.2) is 0 Å². The first kappa shape index (κ1) is 19.9. The van der Waals surface area contributed by atoms with Crippen LogP contribution in [0.15, 0.2) is 18.2 Å². The van der Waals surface area contributed by atoms with Gasteiger partial charge in [-0.15, -0.1) is 0 Å². The van der Waals surface area contributed by atoms with Crippen molar-refractivity contribution in [1.29, 1.82) is 0 Å². The summed E-state index contributed by atoms with van der Waals surface area (Å²) in [5, 5.41) is 3.53. The lowest BCUT2D eigenvalue weighted by Crippen LogP contribution is -2.35. The average molecular weight is 369 g/mol. The maximum atomic E-state index is 11.7. The van der Waals surface area contributed by atoms with E-state index in [1.807, 2.05) is 39.8 Å². The van der Waals surface area contributed by atoms with Gasteiger partial charge in [0, 0.05) is 19.6 Å². The molecule has 6 heteroatoms. The first-order chi connectivity index (χ1) is 11.8. The van der Waals surface area contributed by atoms with Crippen molar-refractivity contribution in [1.82, 2.24) is 10.2 Å². The second-order valence-electron chi connectivity index (χ2n) is 7.47. The van der Waals surface area contributed by atoms with Crippen LogP contribution >= 0.6 is 11.6 Å². The van der Waals surface area contributed by atoms with Gasteiger partial charge >= 0.3 is 6.09 Å². The Hall–Kier alpha value is -1.46. The predicted molar refractivity (Wildman–Crippen MR) is 100 cm³/mol. The molecule has 0 radical (unpaired) electrons. The Kier molecular flexibility index (Phi) is 6.96. The van der Waals surface area contributed by atoms with Gasteiger partial charge in [0.05, 0.1) is 11.6 Å². The number of nitrogens with zero attached hydrogens (tertiary/aromatic N) is 1. The molecule has 0 aliphatic carbocycles. The quantitative estimate of drug-likeness (QED) is 0.821. The van der Waals surface area contributed by atoms with Gasteiger partial charge in [-0.25, -0.2) is 4.79 Å². The number of alkyl carbamates (subject to hydrolysis) is 1. The van der Waals surface area contributed by atoms with Crippen molar-refractivity contribution in [2.75, 3.05) is 26.2 Å². The third-order valence-electron chi connectivity index (χ3n) is 4.01. The van der Waals surface area contributed by atoms with Crippen LogP contribution < -0.4 is 10.1 Å². The maximum Gasteiger partial charge on any atom is 0.407 e. The normalized spacial score (nSPS) is 18.2. The van der Waals surface area contributed by atoms with E-state index in [1.165, 1.54) is 5.56 Å². The SMILES string of the molecule is CCOc1ccc(CN2CC[C@@H](CNC(=O)OC(C)(C)C)C2)cc1Cl. The average Bonchev–Trinajstić information content (AvgIpc) is 2.94. The number of benzene rings is 1. The lowest BCUT2D eigenvalue weighted by molar-refractivity contribution is 0.0519. The molecular formula is C19H29ClN2O3. The number of hydrogen-bond donors (Lipinski definition) is 1. The molecule has 1 amide bonds. The minimum absolute atomic E-state index is 0.343. The van der Waals surface area contributed by atoms with E-state index in [4.69, 9.17) is 21.1 Å². The summed E-state index contributed by atoms with van der Waals surface area (Å²) in [5.74, 6) is 1.18. The number of ether oxygens (including phenoxy) is 2. The number of halogens is 1. The van der Waals surface area contributed by atoms with Crippen LogP contribution in [0.2, 0.25) is 5.02 Å². The number of amides is 1. The zero-order chi connectivity index (χ0) is 18.4. The summed E-state index contributed by atoms with van der Waals surface area (Å²) >= 11 is 6.25. The standard InChI is InChI=1S/C19H29ClN2O3/c1-5-24-17-7-6-14(10-16(17)20)12-22-9-8-15(13-22)11-21-18(23)25-19(2,3)4/h6-7,10,15H,5,8-9,11-13H2,1-4H3,(H,21,23)/t15-/m0/s1. The fraction of sp³-hybridized carbons (Fsp3) is 0.632. The molecule has 1 aliphatic rings. The molecular weight excluding hydrogens is 340 g/mol. The Morgan fingerprint density at radius 2 is 2.16 bits per heavy atom. The van der Waals surface area contributed by atoms with E-state index in [-0.39, 0.29) is 6.09 Å². The topological polar surface area (TPSA) is 50.8 Å². The van der Waals surface area contributed by atoms with Crippen LogP contribution in [0.3, 0.4) is 0 Å². The molecule has 1 aromatic rings. The van der Waals surface area contributed by atoms with Gasteiger partial charge in [-0.05, 0) is 64.3 Å². The Balaban J connectivity index is 1.77. The highest BCUT2D eigenvalue weighted by atomic mass is 35.5. The maximum absolute atomic E-state index is 11.7. The Morgan fingerprint density at radius 1 is 1.40 bits per heavy atom. The van der Waals surface area contributed by atoms with Gasteiger partial charge in [-0.3, -0.25) is 4.90 Å². The van der Waals surface area contributed by atoms with Crippen molar-refractivity contribution >= 4 is 17.7 Å². The second-order valence-corrected chi connectivity index (χ2v) is 7.88. The van der Waals surface area contributed by atoms with Crippen LogP contribution in [0.25, 0.3) is 0 Å². The molecule has 1 saturated heterocycles. The summed E-state index contributed by atoms with van der Waals surface area (Å²) in [5.41, 5.74) is 0.716. The summed E-state index contributed by atoms with van der Waals surface area (Å²) in [6.07, 6.45) is 0.727. The molecule has 1 aromatic carbocycles. The zero-order valence-corrected chi connectivity index (χ0v) is 16.4. The van der Waals surface area contributed by atoms with Crippen LogP contribution in [0.4, 0.5) is 4.79 Å². The number of nitrogens with one attached hydrogen (secondary N) is 1. The van der Waals surface area contributed by atoms with Crippen molar-refractivity contribution in [3.05, 3.63) is 28.8 Å². The molecule has 1 aliphatic heterocycles. The summed E-state index contributed by atoms with van der Waals surface area (Å²) in [7, 11) is 0. The highest BCUT2D eigenvalue weighted by Crippen LogP contribution is 2.27. The first-order valence-corrected chi connectivity index (χ1v) is 9.25. The Labute approximate surface area is 155 Å². The van der Waals surface area contributed by atoms with Crippen molar-refractivity contribution in [3.8, 4) is 5.75 Å². The number of rotatable bonds is 6. The lowest BCUT2D eigenvalue weighted by Gasteiger charge is -2.21. The molecule has 0 saturated carbocycles. The number of carbonyl (C=O) groups is 1. The van der Waals surface area contributed by atoms with Crippen molar-refractivity contribution in [3.63, 3.8) is 0 Å². The molecule has 25 heavy (non-hydrogen) atoms. The van der Waals surface area contributed by atoms with Crippen molar-refractivity contribution in [2.24, 2.45) is 5.92 Å². The summed E-state index contributed by atoms with van der Waals surface area (Å²) in [4.78, 5) is 14.1. The van der Waals surface area contributed by atoms with E-state index >= 15 is 0 Å². The van der Waals surface area contributed by atoms with Crippen molar-refractivity contribution in [2.45, 2.75) is 46.3 Å². The predicted octanol–water partition coefficient (Wildman–Crippen LogP) is 4.09. The van der Waals surface area contributed by atoms with Gasteiger partial charge < -0.3 is 14.8 Å². The number of hydrogen-bond acceptors (Lipinski definition) is 4. The van der Waals surface area contributed by atoms with E-state index in [1.54, 1.807) is 0 Å². The molecule has 5 nitrogen and oxygen atoms in total. The molecule has 1 atom stereocenters. The zero-order valence-electron chi connectivity index (χ0n) is 15.6. The van der Waals surface area contributed by atoms with E-state index in [9.17, 15) is 4.79 Å². The lowest BCUT2D eigenvalue weighted by atomic mass is 10.1. The fourth-order valence-electron chi connectivity index (χ4n) is 2.94. The first-order valence-electron chi connectivity index (χ1n) is 8.87. The molecule has 1 N–H and O–H groups in total. The number of carbonyl (C=O) groups excluding carboxylic acids is 1. The second kappa shape index (κ2) is 8.77. The number of likely N-dealkylation sites (tertiary alicyclic amines) is 1. The van der Waals surface area contributed by atoms with E-state index < -0.39 is 5.60 Å². The summed E-state index contributed by atoms with van der Waals surface area (Å²) in [6.45, 7) is 11.6. The van der Waals surface area contributed by atoms with Gasteiger partial charge in [-0.1, -0.05) is 17.7 Å². The fourth-order valence-corrected chi connectivity index (χ4v) is 3.20. The highest BCUT2D eigenvalue weighted by Gasteiger charge is 2.24. The monoisotopic (exact) mass is 368 g/mol. The van der Waals surface area contributed by atoms with Gasteiger partial charge in [0.1, 0.15) is 11.4 Å². The Morgan fingerprint density at radius 3 is 2.80 bits per heavy atom. The molecule has 1 fully saturated rings. The molecule has 0 unspecified atom stereocenters. The smallest absolute Gasteiger partial charge is 0.407 e.